The molecule has 0 spiro atoms. The highest BCUT2D eigenvalue weighted by Gasteiger charge is 1.97. The zero-order valence-electron chi connectivity index (χ0n) is 8.61. The van der Waals surface area contributed by atoms with Gasteiger partial charge in [-0.15, -0.1) is 12.6 Å². The van der Waals surface area contributed by atoms with Crippen LogP contribution in [0.4, 0.5) is 4.39 Å². The van der Waals surface area contributed by atoms with Crippen molar-refractivity contribution in [2.45, 2.75) is 4.90 Å². The first kappa shape index (κ1) is 10.8. The molecule has 0 aliphatic rings. The Labute approximate surface area is 98.5 Å². The highest BCUT2D eigenvalue weighted by atomic mass is 32.1. The van der Waals surface area contributed by atoms with Crippen molar-refractivity contribution >= 4 is 12.6 Å². The first-order valence-electron chi connectivity index (χ1n) is 4.64. The summed E-state index contributed by atoms with van der Waals surface area (Å²) >= 11 is 3.95. The Hall–Kier alpha value is -1.73. The molecule has 0 amide bonds. The first-order chi connectivity index (χ1) is 7.65. The van der Waals surface area contributed by atoms with Gasteiger partial charge in [-0.25, -0.2) is 4.39 Å². The van der Waals surface area contributed by atoms with E-state index in [0.29, 0.717) is 10.5 Å². The summed E-state index contributed by atoms with van der Waals surface area (Å²) in [5.74, 6) is 5.41. The molecule has 0 N–H and O–H groups in total. The molecule has 0 saturated carbocycles. The standard InChI is InChI=1S/C12H9FN2S/c1-15-8-10(7-14-15)3-2-9-4-5-12(16)11(13)6-9/h4-8,16H,1H3. The van der Waals surface area contributed by atoms with Crippen molar-refractivity contribution < 1.29 is 4.39 Å². The Morgan fingerprint density at radius 1 is 1.31 bits per heavy atom. The molecule has 4 heteroatoms. The van der Waals surface area contributed by atoms with Gasteiger partial charge in [0, 0.05) is 23.7 Å². The minimum atomic E-state index is -0.360. The molecule has 2 nitrogen and oxygen atoms in total. The number of aryl methyl sites for hydroxylation is 1. The summed E-state index contributed by atoms with van der Waals surface area (Å²) in [5.41, 5.74) is 1.43. The van der Waals surface area contributed by atoms with Gasteiger partial charge in [0.15, 0.2) is 0 Å². The lowest BCUT2D eigenvalue weighted by Crippen LogP contribution is -1.84. The van der Waals surface area contributed by atoms with Crippen molar-refractivity contribution in [3.8, 4) is 11.8 Å². The van der Waals surface area contributed by atoms with Crippen molar-refractivity contribution in [1.29, 1.82) is 0 Å². The zero-order chi connectivity index (χ0) is 11.5. The molecular formula is C12H9FN2S. The normalized spacial score (nSPS) is 9.69. The Morgan fingerprint density at radius 3 is 2.69 bits per heavy atom. The average molecular weight is 232 g/mol. The maximum absolute atomic E-state index is 13.1. The summed E-state index contributed by atoms with van der Waals surface area (Å²) in [6.45, 7) is 0. The lowest BCUT2D eigenvalue weighted by Gasteiger charge is -1.94. The van der Waals surface area contributed by atoms with Gasteiger partial charge in [-0.1, -0.05) is 11.8 Å². The second-order valence-electron chi connectivity index (χ2n) is 3.32. The average Bonchev–Trinajstić information content (AvgIpc) is 2.66. The van der Waals surface area contributed by atoms with Crippen LogP contribution in [0.5, 0.6) is 0 Å². The van der Waals surface area contributed by atoms with Crippen LogP contribution < -0.4 is 0 Å². The van der Waals surface area contributed by atoms with Crippen LogP contribution in [-0.2, 0) is 7.05 Å². The van der Waals surface area contributed by atoms with E-state index in [4.69, 9.17) is 0 Å². The molecule has 80 valence electrons. The van der Waals surface area contributed by atoms with Gasteiger partial charge in [-0.2, -0.15) is 5.10 Å². The van der Waals surface area contributed by atoms with E-state index in [1.54, 1.807) is 29.2 Å². The highest BCUT2D eigenvalue weighted by molar-refractivity contribution is 7.80. The van der Waals surface area contributed by atoms with Gasteiger partial charge in [0.1, 0.15) is 5.82 Å². The van der Waals surface area contributed by atoms with Crippen molar-refractivity contribution in [2.24, 2.45) is 7.05 Å². The van der Waals surface area contributed by atoms with Gasteiger partial charge in [0.25, 0.3) is 0 Å². The number of nitrogens with zero attached hydrogens (tertiary/aromatic N) is 2. The third kappa shape index (κ3) is 2.44. The van der Waals surface area contributed by atoms with Crippen LogP contribution in [0, 0.1) is 17.7 Å². The predicted molar refractivity (Wildman–Crippen MR) is 62.8 cm³/mol. The molecule has 2 aromatic rings. The monoisotopic (exact) mass is 232 g/mol. The molecule has 16 heavy (non-hydrogen) atoms. The molecule has 1 aromatic heterocycles. The van der Waals surface area contributed by atoms with E-state index in [2.05, 4.69) is 29.6 Å². The number of hydrogen-bond acceptors (Lipinski definition) is 2. The van der Waals surface area contributed by atoms with E-state index in [9.17, 15) is 4.39 Å². The third-order valence-electron chi connectivity index (χ3n) is 2.00. The lowest BCUT2D eigenvalue weighted by atomic mass is 10.2. The Morgan fingerprint density at radius 2 is 2.06 bits per heavy atom. The Balaban J connectivity index is 2.27. The molecule has 0 bridgehead atoms. The molecule has 0 aliphatic heterocycles. The van der Waals surface area contributed by atoms with E-state index in [1.807, 2.05) is 7.05 Å². The quantitative estimate of drug-likeness (QED) is 0.545. The summed E-state index contributed by atoms with van der Waals surface area (Å²) in [7, 11) is 1.82. The lowest BCUT2D eigenvalue weighted by molar-refractivity contribution is 0.602. The molecular weight excluding hydrogens is 223 g/mol. The Kier molecular flexibility index (Phi) is 2.97. The van der Waals surface area contributed by atoms with Gasteiger partial charge in [-0.3, -0.25) is 4.68 Å². The van der Waals surface area contributed by atoms with Crippen LogP contribution in [0.2, 0.25) is 0 Å². The smallest absolute Gasteiger partial charge is 0.137 e. The largest absolute Gasteiger partial charge is 0.275 e. The van der Waals surface area contributed by atoms with Gasteiger partial charge in [-0.05, 0) is 18.2 Å². The van der Waals surface area contributed by atoms with Crippen LogP contribution in [-0.4, -0.2) is 9.78 Å². The summed E-state index contributed by atoms with van der Waals surface area (Å²) in [4.78, 5) is 0.326. The SMILES string of the molecule is Cn1cc(C#Cc2ccc(S)c(F)c2)cn1. The van der Waals surface area contributed by atoms with E-state index < -0.39 is 0 Å². The van der Waals surface area contributed by atoms with Crippen molar-refractivity contribution in [3.63, 3.8) is 0 Å². The fourth-order valence-electron chi connectivity index (χ4n) is 1.21. The molecule has 2 rings (SSSR count). The van der Waals surface area contributed by atoms with E-state index in [1.165, 1.54) is 6.07 Å². The topological polar surface area (TPSA) is 17.8 Å². The number of aromatic nitrogens is 2. The van der Waals surface area contributed by atoms with Gasteiger partial charge in [0.2, 0.25) is 0 Å². The minimum Gasteiger partial charge on any atom is -0.275 e. The molecule has 1 heterocycles. The molecule has 0 saturated heterocycles. The summed E-state index contributed by atoms with van der Waals surface area (Å²) in [5, 5.41) is 3.99. The van der Waals surface area contributed by atoms with Crippen LogP contribution in [0.3, 0.4) is 0 Å². The molecule has 0 fully saturated rings. The summed E-state index contributed by atoms with van der Waals surface area (Å²) < 4.78 is 14.8. The van der Waals surface area contributed by atoms with Gasteiger partial charge in [0.05, 0.1) is 11.8 Å². The second kappa shape index (κ2) is 4.42. The molecule has 0 atom stereocenters. The Bertz CT molecular complexity index is 578. The third-order valence-corrected chi connectivity index (χ3v) is 2.37. The second-order valence-corrected chi connectivity index (χ2v) is 3.80. The van der Waals surface area contributed by atoms with Crippen molar-refractivity contribution in [2.75, 3.05) is 0 Å². The van der Waals surface area contributed by atoms with E-state index >= 15 is 0 Å². The minimum absolute atomic E-state index is 0.326. The molecule has 1 aromatic carbocycles. The maximum atomic E-state index is 13.1. The van der Waals surface area contributed by atoms with Gasteiger partial charge >= 0.3 is 0 Å². The first-order valence-corrected chi connectivity index (χ1v) is 5.09. The van der Waals surface area contributed by atoms with Crippen molar-refractivity contribution in [3.05, 3.63) is 47.5 Å². The fourth-order valence-corrected chi connectivity index (χ4v) is 1.35. The number of halogens is 1. The number of thiol groups is 1. The number of benzene rings is 1. The fraction of sp³-hybridized carbons (Fsp3) is 0.0833. The zero-order valence-corrected chi connectivity index (χ0v) is 9.50. The van der Waals surface area contributed by atoms with E-state index in [-0.39, 0.29) is 5.82 Å². The predicted octanol–water partition coefficient (Wildman–Crippen LogP) is 2.25. The van der Waals surface area contributed by atoms with Crippen LogP contribution >= 0.6 is 12.6 Å². The number of hydrogen-bond donors (Lipinski definition) is 1. The highest BCUT2D eigenvalue weighted by Crippen LogP contribution is 2.13. The summed E-state index contributed by atoms with van der Waals surface area (Å²) in [6, 6.07) is 4.69. The maximum Gasteiger partial charge on any atom is 0.137 e. The van der Waals surface area contributed by atoms with Crippen LogP contribution in [0.25, 0.3) is 0 Å². The molecule has 0 unspecified atom stereocenters. The number of rotatable bonds is 0. The summed E-state index contributed by atoms with van der Waals surface area (Å²) in [6.07, 6.45) is 3.46. The van der Waals surface area contributed by atoms with Crippen LogP contribution in [0.1, 0.15) is 11.1 Å². The van der Waals surface area contributed by atoms with Gasteiger partial charge < -0.3 is 0 Å². The molecule has 0 radical (unpaired) electrons. The molecule has 0 aliphatic carbocycles. The van der Waals surface area contributed by atoms with Crippen molar-refractivity contribution in [1.82, 2.24) is 9.78 Å². The van der Waals surface area contributed by atoms with Crippen LogP contribution in [0.15, 0.2) is 35.5 Å². The van der Waals surface area contributed by atoms with E-state index in [0.717, 1.165) is 5.56 Å².